The van der Waals surface area contributed by atoms with E-state index in [1.54, 1.807) is 0 Å². The fraction of sp³-hybridized carbons (Fsp3) is 0.100. The van der Waals surface area contributed by atoms with Crippen LogP contribution in [0.1, 0.15) is 22.3 Å². The van der Waals surface area contributed by atoms with Crippen LogP contribution in [0.3, 0.4) is 0 Å². The quantitative estimate of drug-likeness (QED) is 0.230. The zero-order valence-electron chi connectivity index (χ0n) is 15.0. The summed E-state index contributed by atoms with van der Waals surface area (Å²) in [5, 5.41) is 43.5. The molecule has 0 atom stereocenters. The van der Waals surface area contributed by atoms with E-state index in [2.05, 4.69) is 31.9 Å². The van der Waals surface area contributed by atoms with E-state index in [4.69, 9.17) is 23.2 Å². The first-order valence-corrected chi connectivity index (χ1v) is 10.7. The average Bonchev–Trinajstić information content (AvgIpc) is 2.66. The minimum Gasteiger partial charge on any atom is -0.507 e. The van der Waals surface area contributed by atoms with Crippen LogP contribution >= 0.6 is 55.1 Å². The second kappa shape index (κ2) is 9.01. The van der Waals surface area contributed by atoms with Crippen molar-refractivity contribution in [2.24, 2.45) is 0 Å². The SMILES string of the molecule is O=[N+]([O-])c1cc(Cc2cc(Cl)cc(Br)c2O)c(O)c(Cc2cc(Cl)cc(Br)c2O)c1. The van der Waals surface area contributed by atoms with Crippen LogP contribution in [0, 0.1) is 10.1 Å². The molecule has 30 heavy (non-hydrogen) atoms. The third-order valence-corrected chi connectivity index (χ3v) is 6.08. The van der Waals surface area contributed by atoms with Crippen LogP contribution < -0.4 is 0 Å². The molecule has 0 unspecified atom stereocenters. The lowest BCUT2D eigenvalue weighted by atomic mass is 9.96. The molecule has 3 rings (SSSR count). The van der Waals surface area contributed by atoms with Gasteiger partial charge >= 0.3 is 0 Å². The average molecular weight is 578 g/mol. The number of phenols is 3. The third kappa shape index (κ3) is 4.83. The maximum Gasteiger partial charge on any atom is 0.270 e. The molecule has 0 spiro atoms. The van der Waals surface area contributed by atoms with Crippen LogP contribution in [-0.4, -0.2) is 20.2 Å². The van der Waals surface area contributed by atoms with Gasteiger partial charge < -0.3 is 15.3 Å². The van der Waals surface area contributed by atoms with Crippen molar-refractivity contribution in [3.63, 3.8) is 0 Å². The summed E-state index contributed by atoms with van der Waals surface area (Å²) in [6.45, 7) is 0. The van der Waals surface area contributed by atoms with Crippen molar-refractivity contribution in [3.8, 4) is 17.2 Å². The van der Waals surface area contributed by atoms with Crippen LogP contribution in [0.4, 0.5) is 5.69 Å². The van der Waals surface area contributed by atoms with Gasteiger partial charge in [0.25, 0.3) is 5.69 Å². The maximum absolute atomic E-state index is 11.4. The Bertz CT molecular complexity index is 1090. The number of phenolic OH excluding ortho intramolecular Hbond substituents is 3. The highest BCUT2D eigenvalue weighted by molar-refractivity contribution is 9.10. The molecule has 0 fully saturated rings. The van der Waals surface area contributed by atoms with E-state index in [0.29, 0.717) is 30.1 Å². The topological polar surface area (TPSA) is 104 Å². The van der Waals surface area contributed by atoms with Crippen molar-refractivity contribution in [2.45, 2.75) is 12.8 Å². The molecule has 6 nitrogen and oxygen atoms in total. The maximum atomic E-state index is 11.4. The standard InChI is InChI=1S/C20H13Br2Cl2NO5/c21-16-7-13(23)3-9(19(16)27)1-11-5-15(25(29)30)6-12(18(11)26)2-10-4-14(24)8-17(22)20(10)28/h3-8,26-28H,1-2H2. The van der Waals surface area contributed by atoms with Gasteiger partial charge in [-0.05, 0) is 56.1 Å². The highest BCUT2D eigenvalue weighted by atomic mass is 79.9. The number of benzene rings is 3. The molecule has 10 heteroatoms. The van der Waals surface area contributed by atoms with Gasteiger partial charge in [-0.2, -0.15) is 0 Å². The summed E-state index contributed by atoms with van der Waals surface area (Å²) >= 11 is 18.5. The summed E-state index contributed by atoms with van der Waals surface area (Å²) in [7, 11) is 0. The van der Waals surface area contributed by atoms with Crippen LogP contribution in [0.5, 0.6) is 17.2 Å². The molecule has 0 aliphatic rings. The number of hydrogen-bond acceptors (Lipinski definition) is 5. The number of hydrogen-bond donors (Lipinski definition) is 3. The second-order valence-corrected chi connectivity index (χ2v) is 9.10. The number of halogens is 4. The van der Waals surface area contributed by atoms with Gasteiger partial charge in [0.15, 0.2) is 0 Å². The molecule has 3 aromatic carbocycles. The van der Waals surface area contributed by atoms with E-state index < -0.39 is 4.92 Å². The first kappa shape index (κ1) is 22.7. The van der Waals surface area contributed by atoms with Gasteiger partial charge in [0, 0.05) is 57.3 Å². The zero-order valence-corrected chi connectivity index (χ0v) is 19.7. The molecule has 0 aliphatic carbocycles. The third-order valence-electron chi connectivity index (χ3n) is 4.44. The summed E-state index contributed by atoms with van der Waals surface area (Å²) in [6.07, 6.45) is -0.00649. The Balaban J connectivity index is 2.10. The molecule has 0 aromatic heterocycles. The summed E-state index contributed by atoms with van der Waals surface area (Å²) in [5.74, 6) is -0.349. The zero-order chi connectivity index (χ0) is 22.2. The smallest absolute Gasteiger partial charge is 0.270 e. The summed E-state index contributed by atoms with van der Waals surface area (Å²) in [6, 6.07) is 8.53. The molecule has 0 amide bonds. The van der Waals surface area contributed by atoms with Crippen molar-refractivity contribution < 1.29 is 20.2 Å². The molecule has 0 bridgehead atoms. The van der Waals surface area contributed by atoms with Crippen molar-refractivity contribution in [1.29, 1.82) is 0 Å². The van der Waals surface area contributed by atoms with Gasteiger partial charge in [0.2, 0.25) is 0 Å². The Morgan fingerprint density at radius 3 is 1.47 bits per heavy atom. The first-order chi connectivity index (χ1) is 14.1. The van der Waals surface area contributed by atoms with Crippen LogP contribution in [0.2, 0.25) is 10.0 Å². The molecule has 0 radical (unpaired) electrons. The van der Waals surface area contributed by atoms with Gasteiger partial charge in [-0.1, -0.05) is 23.2 Å². The monoisotopic (exact) mass is 575 g/mol. The van der Waals surface area contributed by atoms with Crippen molar-refractivity contribution >= 4 is 60.7 Å². The Labute approximate surface area is 198 Å². The van der Waals surface area contributed by atoms with Crippen LogP contribution in [0.25, 0.3) is 0 Å². The molecule has 3 aromatic rings. The van der Waals surface area contributed by atoms with Crippen LogP contribution in [-0.2, 0) is 12.8 Å². The minimum absolute atomic E-state index is 0.00324. The lowest BCUT2D eigenvalue weighted by Gasteiger charge is -2.13. The highest BCUT2D eigenvalue weighted by Gasteiger charge is 2.20. The molecule has 0 saturated carbocycles. The number of rotatable bonds is 5. The molecule has 3 N–H and O–H groups in total. The predicted octanol–water partition coefficient (Wildman–Crippen LogP) is 6.73. The number of nitrogens with zero attached hydrogens (tertiary/aromatic N) is 1. The lowest BCUT2D eigenvalue weighted by molar-refractivity contribution is -0.385. The van der Waals surface area contributed by atoms with Gasteiger partial charge in [-0.15, -0.1) is 0 Å². The number of nitro benzene ring substituents is 1. The molecular formula is C20H13Br2Cl2NO5. The Morgan fingerprint density at radius 2 is 1.10 bits per heavy atom. The van der Waals surface area contributed by atoms with Crippen molar-refractivity contribution in [3.05, 3.63) is 87.8 Å². The Morgan fingerprint density at radius 1 is 0.733 bits per heavy atom. The van der Waals surface area contributed by atoms with Gasteiger partial charge in [0.1, 0.15) is 17.2 Å². The predicted molar refractivity (Wildman–Crippen MR) is 122 cm³/mol. The molecule has 0 aliphatic heterocycles. The summed E-state index contributed by atoms with van der Waals surface area (Å²) in [5.41, 5.74) is 0.974. The van der Waals surface area contributed by atoms with E-state index in [1.807, 2.05) is 0 Å². The van der Waals surface area contributed by atoms with E-state index in [0.717, 1.165) is 0 Å². The minimum atomic E-state index is -0.575. The second-order valence-electron chi connectivity index (χ2n) is 6.51. The van der Waals surface area contributed by atoms with Crippen molar-refractivity contribution in [2.75, 3.05) is 0 Å². The summed E-state index contributed by atoms with van der Waals surface area (Å²) < 4.78 is 0.729. The van der Waals surface area contributed by atoms with E-state index in [1.165, 1.54) is 36.4 Å². The molecule has 0 heterocycles. The van der Waals surface area contributed by atoms with E-state index >= 15 is 0 Å². The van der Waals surface area contributed by atoms with E-state index in [9.17, 15) is 25.4 Å². The van der Waals surface area contributed by atoms with Gasteiger partial charge in [0.05, 0.1) is 13.9 Å². The number of aromatic hydroxyl groups is 3. The largest absolute Gasteiger partial charge is 0.507 e. The van der Waals surface area contributed by atoms with Gasteiger partial charge in [-0.25, -0.2) is 0 Å². The molecule has 0 saturated heterocycles. The lowest BCUT2D eigenvalue weighted by Crippen LogP contribution is -1.99. The molecule has 156 valence electrons. The highest BCUT2D eigenvalue weighted by Crippen LogP contribution is 2.39. The van der Waals surface area contributed by atoms with Crippen LogP contribution in [0.15, 0.2) is 45.3 Å². The normalized spacial score (nSPS) is 10.9. The van der Waals surface area contributed by atoms with Gasteiger partial charge in [-0.3, -0.25) is 10.1 Å². The Kier molecular flexibility index (Phi) is 6.81. The Hall–Kier alpha value is -2.00. The number of nitro groups is 1. The fourth-order valence-electron chi connectivity index (χ4n) is 3.03. The molecular weight excluding hydrogens is 565 g/mol. The van der Waals surface area contributed by atoms with Crippen molar-refractivity contribution in [1.82, 2.24) is 0 Å². The summed E-state index contributed by atoms with van der Waals surface area (Å²) in [4.78, 5) is 10.9. The number of non-ortho nitro benzene ring substituents is 1. The fourth-order valence-corrected chi connectivity index (χ4v) is 4.78. The first-order valence-electron chi connectivity index (χ1n) is 8.39. The van der Waals surface area contributed by atoms with E-state index in [-0.39, 0.29) is 46.9 Å².